The summed E-state index contributed by atoms with van der Waals surface area (Å²) in [7, 11) is 1.29. The number of methoxy groups -OCH3 is 1. The molecule has 0 saturated heterocycles. The molecule has 34 heavy (non-hydrogen) atoms. The van der Waals surface area contributed by atoms with Crippen LogP contribution in [0.4, 0.5) is 21.9 Å². The van der Waals surface area contributed by atoms with Gasteiger partial charge in [0.05, 0.1) is 29.7 Å². The smallest absolute Gasteiger partial charge is 0.418 e. The Hall–Kier alpha value is -4.17. The molecule has 2 aromatic carbocycles. The summed E-state index contributed by atoms with van der Waals surface area (Å²) in [6.45, 7) is 1.63. The molecule has 0 bridgehead atoms. The molecule has 2 N–H and O–H groups in total. The van der Waals surface area contributed by atoms with Crippen LogP contribution in [0.1, 0.15) is 13.3 Å². The highest BCUT2D eigenvalue weighted by Crippen LogP contribution is 2.36. The number of H-pyrrole nitrogens is 1. The maximum Gasteiger partial charge on any atom is 0.418 e. The zero-order valence-electron chi connectivity index (χ0n) is 18.5. The van der Waals surface area contributed by atoms with E-state index in [9.17, 15) is 14.4 Å². The fourth-order valence-corrected chi connectivity index (χ4v) is 3.77. The largest absolute Gasteiger partial charge is 0.452 e. The molecular weight excluding hydrogens is 456 g/mol. The van der Waals surface area contributed by atoms with Gasteiger partial charge in [0.2, 0.25) is 5.78 Å². The number of anilines is 3. The normalized spacial score (nSPS) is 10.7. The summed E-state index contributed by atoms with van der Waals surface area (Å²) in [5, 5.41) is 3.75. The number of rotatable bonds is 6. The molecule has 0 unspecified atom stereocenters. The number of Topliss-reactive ketones (excluding diaryl/α,β-unsaturated/α-hetero) is 1. The van der Waals surface area contributed by atoms with Gasteiger partial charge in [-0.05, 0) is 35.9 Å². The van der Waals surface area contributed by atoms with E-state index in [1.54, 1.807) is 67.8 Å². The number of fused-ring (bicyclic) bond motifs is 1. The second-order valence-corrected chi connectivity index (χ2v) is 7.77. The van der Waals surface area contributed by atoms with Crippen LogP contribution in [0.2, 0.25) is 5.02 Å². The Bertz CT molecular complexity index is 1400. The van der Waals surface area contributed by atoms with Crippen LogP contribution in [-0.4, -0.2) is 34.9 Å². The fourth-order valence-electron chi connectivity index (χ4n) is 3.55. The molecule has 4 aromatic rings. The van der Waals surface area contributed by atoms with Crippen LogP contribution in [0.5, 0.6) is 0 Å². The number of aromatic amines is 1. The summed E-state index contributed by atoms with van der Waals surface area (Å²) in [5.41, 5.74) is 3.61. The molecule has 9 heteroatoms. The first-order valence-electron chi connectivity index (χ1n) is 10.5. The van der Waals surface area contributed by atoms with Gasteiger partial charge in [-0.3, -0.25) is 9.59 Å². The molecule has 0 spiro atoms. The Morgan fingerprint density at radius 1 is 1.12 bits per heavy atom. The van der Waals surface area contributed by atoms with Gasteiger partial charge < -0.3 is 15.0 Å². The number of carbonyl (C=O) groups excluding carboxylic acids is 3. The second-order valence-electron chi connectivity index (χ2n) is 7.36. The van der Waals surface area contributed by atoms with Gasteiger partial charge in [-0.25, -0.2) is 14.7 Å². The third kappa shape index (κ3) is 4.49. The topological polar surface area (TPSA) is 104 Å². The van der Waals surface area contributed by atoms with Gasteiger partial charge in [0.25, 0.3) is 5.91 Å². The average molecular weight is 477 g/mol. The molecule has 2 amide bonds. The third-order valence-corrected chi connectivity index (χ3v) is 5.55. The quantitative estimate of drug-likeness (QED) is 0.347. The Balaban J connectivity index is 1.77. The molecular formula is C25H21ClN4O4. The first-order chi connectivity index (χ1) is 16.4. The monoisotopic (exact) mass is 476 g/mol. The highest BCUT2D eigenvalue weighted by molar-refractivity contribution is 6.40. The van der Waals surface area contributed by atoms with E-state index in [0.717, 1.165) is 16.5 Å². The van der Waals surface area contributed by atoms with Crippen molar-refractivity contribution in [2.75, 3.05) is 17.3 Å². The van der Waals surface area contributed by atoms with E-state index in [0.29, 0.717) is 27.7 Å². The predicted octanol–water partition coefficient (Wildman–Crippen LogP) is 5.71. The highest BCUT2D eigenvalue weighted by Gasteiger charge is 2.22. The molecule has 0 aliphatic rings. The number of hydrogen-bond donors (Lipinski definition) is 2. The SMILES string of the molecule is CCC(=O)C(=O)Nc1cccc(-c2c[nH]c3ncc(N(C(=O)OC)c4ccccc4Cl)cc23)c1. The van der Waals surface area contributed by atoms with Crippen molar-refractivity contribution in [3.05, 3.63) is 72.0 Å². The maximum absolute atomic E-state index is 12.7. The number of carbonyl (C=O) groups is 3. The zero-order valence-corrected chi connectivity index (χ0v) is 19.2. The molecule has 0 aliphatic carbocycles. The minimum absolute atomic E-state index is 0.130. The number of ketones is 1. The van der Waals surface area contributed by atoms with Gasteiger partial charge >= 0.3 is 6.09 Å². The number of nitrogens with one attached hydrogen (secondary N) is 2. The molecule has 172 valence electrons. The number of ether oxygens (including phenoxy) is 1. The standard InChI is InChI=1S/C25H21ClN4O4/c1-3-22(31)24(32)29-16-8-6-7-15(11-16)19-14-28-23-18(19)12-17(13-27-23)30(25(33)34-2)21-10-5-4-9-20(21)26/h4-14H,3H2,1-2H3,(H,27,28)(H,29,32). The number of amides is 2. The number of benzene rings is 2. The van der Waals surface area contributed by atoms with Crippen molar-refractivity contribution in [3.8, 4) is 11.1 Å². The van der Waals surface area contributed by atoms with E-state index >= 15 is 0 Å². The van der Waals surface area contributed by atoms with Crippen LogP contribution in [0, 0.1) is 0 Å². The Morgan fingerprint density at radius 3 is 2.65 bits per heavy atom. The van der Waals surface area contributed by atoms with Gasteiger partial charge in [-0.15, -0.1) is 0 Å². The summed E-state index contributed by atoms with van der Waals surface area (Å²) in [6, 6.07) is 15.9. The Morgan fingerprint density at radius 2 is 1.91 bits per heavy atom. The summed E-state index contributed by atoms with van der Waals surface area (Å²) in [4.78, 5) is 45.2. The van der Waals surface area contributed by atoms with Crippen molar-refractivity contribution in [1.29, 1.82) is 0 Å². The van der Waals surface area contributed by atoms with Crippen LogP contribution in [-0.2, 0) is 14.3 Å². The molecule has 0 aliphatic heterocycles. The second kappa shape index (κ2) is 9.76. The fraction of sp³-hybridized carbons (Fsp3) is 0.120. The third-order valence-electron chi connectivity index (χ3n) is 5.23. The van der Waals surface area contributed by atoms with E-state index in [4.69, 9.17) is 16.3 Å². The molecule has 8 nitrogen and oxygen atoms in total. The van der Waals surface area contributed by atoms with E-state index in [1.165, 1.54) is 12.0 Å². The molecule has 4 rings (SSSR count). The number of hydrogen-bond acceptors (Lipinski definition) is 5. The number of pyridine rings is 1. The van der Waals surface area contributed by atoms with E-state index < -0.39 is 17.8 Å². The minimum atomic E-state index is -0.656. The summed E-state index contributed by atoms with van der Waals surface area (Å²) in [6.07, 6.45) is 2.86. The van der Waals surface area contributed by atoms with Crippen molar-refractivity contribution in [3.63, 3.8) is 0 Å². The number of aromatic nitrogens is 2. The van der Waals surface area contributed by atoms with Crippen molar-refractivity contribution in [1.82, 2.24) is 9.97 Å². The van der Waals surface area contributed by atoms with Crippen molar-refractivity contribution >= 4 is 57.5 Å². The number of para-hydroxylation sites is 1. The summed E-state index contributed by atoms with van der Waals surface area (Å²) < 4.78 is 4.99. The van der Waals surface area contributed by atoms with Gasteiger partial charge in [-0.2, -0.15) is 0 Å². The molecule has 2 heterocycles. The lowest BCUT2D eigenvalue weighted by Crippen LogP contribution is -2.26. The van der Waals surface area contributed by atoms with Crippen LogP contribution >= 0.6 is 11.6 Å². The van der Waals surface area contributed by atoms with Gasteiger partial charge in [-0.1, -0.05) is 42.8 Å². The van der Waals surface area contributed by atoms with Gasteiger partial charge in [0, 0.05) is 29.3 Å². The first kappa shape index (κ1) is 23.0. The Kier molecular flexibility index (Phi) is 6.60. The lowest BCUT2D eigenvalue weighted by molar-refractivity contribution is -0.134. The van der Waals surface area contributed by atoms with Crippen LogP contribution in [0.25, 0.3) is 22.2 Å². The molecule has 0 fully saturated rings. The lowest BCUT2D eigenvalue weighted by atomic mass is 10.0. The van der Waals surface area contributed by atoms with Gasteiger partial charge in [0.1, 0.15) is 5.65 Å². The molecule has 0 saturated carbocycles. The summed E-state index contributed by atoms with van der Waals surface area (Å²) in [5.74, 6) is -1.15. The van der Waals surface area contributed by atoms with Crippen molar-refractivity contribution in [2.45, 2.75) is 13.3 Å². The first-order valence-corrected chi connectivity index (χ1v) is 10.8. The number of halogens is 1. The lowest BCUT2D eigenvalue weighted by Gasteiger charge is -2.22. The van der Waals surface area contributed by atoms with E-state index in [1.807, 2.05) is 6.07 Å². The van der Waals surface area contributed by atoms with Crippen molar-refractivity contribution in [2.24, 2.45) is 0 Å². The molecule has 2 aromatic heterocycles. The van der Waals surface area contributed by atoms with Gasteiger partial charge in [0.15, 0.2) is 0 Å². The van der Waals surface area contributed by atoms with E-state index in [-0.39, 0.29) is 6.42 Å². The molecule has 0 radical (unpaired) electrons. The molecule has 0 atom stereocenters. The average Bonchev–Trinajstić information content (AvgIpc) is 3.28. The summed E-state index contributed by atoms with van der Waals surface area (Å²) >= 11 is 6.35. The van der Waals surface area contributed by atoms with Crippen LogP contribution in [0.15, 0.2) is 67.0 Å². The van der Waals surface area contributed by atoms with E-state index in [2.05, 4.69) is 15.3 Å². The zero-order chi connectivity index (χ0) is 24.2. The van der Waals surface area contributed by atoms with Crippen LogP contribution < -0.4 is 10.2 Å². The predicted molar refractivity (Wildman–Crippen MR) is 131 cm³/mol. The minimum Gasteiger partial charge on any atom is -0.452 e. The van der Waals surface area contributed by atoms with Crippen molar-refractivity contribution < 1.29 is 19.1 Å². The highest BCUT2D eigenvalue weighted by atomic mass is 35.5. The Labute approximate surface area is 200 Å². The number of nitrogens with zero attached hydrogens (tertiary/aromatic N) is 2. The maximum atomic E-state index is 12.7. The van der Waals surface area contributed by atoms with Crippen LogP contribution in [0.3, 0.4) is 0 Å².